The smallest absolute Gasteiger partial charge is 0.308 e. The summed E-state index contributed by atoms with van der Waals surface area (Å²) in [5.41, 5.74) is 1.96. The minimum absolute atomic E-state index is 0.0212. The average Bonchev–Trinajstić information content (AvgIpc) is 3.57. The van der Waals surface area contributed by atoms with Gasteiger partial charge in [-0.2, -0.15) is 0 Å². The van der Waals surface area contributed by atoms with Gasteiger partial charge in [0.2, 0.25) is 12.7 Å². The van der Waals surface area contributed by atoms with E-state index >= 15 is 0 Å². The number of carbonyl (C=O) groups excluding carboxylic acids is 1. The number of nitrogens with zero attached hydrogens (tertiary/aromatic N) is 2. The van der Waals surface area contributed by atoms with Crippen LogP contribution in [0, 0.1) is 5.92 Å². The maximum absolute atomic E-state index is 13.5. The van der Waals surface area contributed by atoms with Crippen molar-refractivity contribution in [2.75, 3.05) is 46.7 Å². The van der Waals surface area contributed by atoms with Crippen molar-refractivity contribution >= 4 is 11.9 Å². The summed E-state index contributed by atoms with van der Waals surface area (Å²) in [6, 6.07) is 13.2. The van der Waals surface area contributed by atoms with Crippen LogP contribution >= 0.6 is 0 Å². The largest absolute Gasteiger partial charge is 0.496 e. The summed E-state index contributed by atoms with van der Waals surface area (Å²) in [5.74, 6) is 0.257. The fourth-order valence-electron chi connectivity index (χ4n) is 5.99. The molecule has 1 unspecified atom stereocenters. The highest BCUT2D eigenvalue weighted by atomic mass is 16.7. The van der Waals surface area contributed by atoms with Gasteiger partial charge in [-0.1, -0.05) is 37.6 Å². The molecule has 1 amide bonds. The van der Waals surface area contributed by atoms with E-state index in [1.54, 1.807) is 7.11 Å². The lowest BCUT2D eigenvalue weighted by atomic mass is 9.83. The lowest BCUT2D eigenvalue weighted by Crippen LogP contribution is -2.44. The van der Waals surface area contributed by atoms with Gasteiger partial charge in [0.15, 0.2) is 11.5 Å². The number of amides is 1. The Morgan fingerprint density at radius 1 is 1.07 bits per heavy atom. The zero-order valence-electron chi connectivity index (χ0n) is 23.6. The first-order valence-electron chi connectivity index (χ1n) is 14.3. The van der Waals surface area contributed by atoms with Gasteiger partial charge in [-0.3, -0.25) is 14.5 Å². The van der Waals surface area contributed by atoms with Crippen molar-refractivity contribution < 1.29 is 34.0 Å². The van der Waals surface area contributed by atoms with E-state index in [0.717, 1.165) is 42.6 Å². The number of aliphatic hydroxyl groups excluding tert-OH is 1. The Morgan fingerprint density at radius 3 is 2.60 bits per heavy atom. The van der Waals surface area contributed by atoms with Gasteiger partial charge < -0.3 is 29.3 Å². The minimum Gasteiger partial charge on any atom is -0.496 e. The Morgan fingerprint density at radius 2 is 1.85 bits per heavy atom. The van der Waals surface area contributed by atoms with Crippen LogP contribution in [0.15, 0.2) is 42.5 Å². The molecule has 1 fully saturated rings. The summed E-state index contributed by atoms with van der Waals surface area (Å²) in [6.07, 6.45) is 4.52. The summed E-state index contributed by atoms with van der Waals surface area (Å²) in [4.78, 5) is 30.2. The number of aryl methyl sites for hydroxylation is 1. The molecule has 0 aliphatic carbocycles. The second-order valence-corrected chi connectivity index (χ2v) is 10.6. The highest BCUT2D eigenvalue weighted by Crippen LogP contribution is 2.43. The first kappa shape index (κ1) is 29.7. The molecule has 1 saturated heterocycles. The van der Waals surface area contributed by atoms with Crippen molar-refractivity contribution in [2.24, 2.45) is 5.92 Å². The zero-order chi connectivity index (χ0) is 28.5. The van der Waals surface area contributed by atoms with Crippen molar-refractivity contribution in [3.05, 3.63) is 53.6 Å². The van der Waals surface area contributed by atoms with Gasteiger partial charge in [-0.05, 0) is 61.4 Å². The first-order valence-corrected chi connectivity index (χ1v) is 14.3. The van der Waals surface area contributed by atoms with Crippen molar-refractivity contribution in [1.29, 1.82) is 0 Å². The number of fused-ring (bicyclic) bond motifs is 1. The number of likely N-dealkylation sites (tertiary alicyclic amines) is 1. The summed E-state index contributed by atoms with van der Waals surface area (Å²) in [6.45, 7) is 4.01. The summed E-state index contributed by atoms with van der Waals surface area (Å²) in [7, 11) is 1.65. The number of aliphatic hydroxyl groups is 1. The molecule has 0 bridgehead atoms. The van der Waals surface area contributed by atoms with Crippen molar-refractivity contribution in [3.63, 3.8) is 0 Å². The van der Waals surface area contributed by atoms with Gasteiger partial charge in [0.1, 0.15) is 5.75 Å². The molecule has 2 heterocycles. The SMILES string of the molecule is CCCCN(CCCO)C(=O)CN1C[C@H](c2ccc3c(c2)OCO3)C(C(=O)O)[C@@H]1CCCc1ccccc1OC. The number of carboxylic acid groups (broad SMARTS) is 1. The van der Waals surface area contributed by atoms with Gasteiger partial charge in [0.25, 0.3) is 0 Å². The van der Waals surface area contributed by atoms with Crippen LogP contribution < -0.4 is 14.2 Å². The van der Waals surface area contributed by atoms with Gasteiger partial charge in [0, 0.05) is 38.2 Å². The van der Waals surface area contributed by atoms with Crippen LogP contribution in [-0.4, -0.2) is 84.6 Å². The third kappa shape index (κ3) is 7.06. The number of hydrogen-bond donors (Lipinski definition) is 2. The molecule has 2 aliphatic heterocycles. The maximum Gasteiger partial charge on any atom is 0.308 e. The molecule has 0 radical (unpaired) electrons. The molecule has 0 aromatic heterocycles. The molecule has 2 aromatic rings. The Bertz CT molecular complexity index is 1130. The minimum atomic E-state index is -0.858. The second-order valence-electron chi connectivity index (χ2n) is 10.6. The predicted octanol–water partition coefficient (Wildman–Crippen LogP) is 3.93. The van der Waals surface area contributed by atoms with Gasteiger partial charge in [0.05, 0.1) is 19.6 Å². The van der Waals surface area contributed by atoms with Crippen LogP contribution in [0.1, 0.15) is 56.1 Å². The van der Waals surface area contributed by atoms with E-state index in [-0.39, 0.29) is 37.8 Å². The summed E-state index contributed by atoms with van der Waals surface area (Å²) >= 11 is 0. The molecule has 2 aromatic carbocycles. The standard InChI is InChI=1S/C31H42N2O7/c1-3-4-15-32(16-8-17-34)29(35)20-33-19-24(23-13-14-27-28(18-23)40-21-39-27)30(31(36)37)25(33)11-7-10-22-9-5-6-12-26(22)38-2/h5-6,9,12-14,18,24-25,30,34H,3-4,7-8,10-11,15-17,19-21H2,1-2H3,(H,36,37)/t24-,25+,30?/m1/s1. The number of aliphatic carboxylic acids is 1. The normalized spacial score (nSPS) is 20.0. The number of rotatable bonds is 15. The molecule has 40 heavy (non-hydrogen) atoms. The van der Waals surface area contributed by atoms with Gasteiger partial charge in [-0.25, -0.2) is 0 Å². The monoisotopic (exact) mass is 554 g/mol. The number of carbonyl (C=O) groups is 2. The third-order valence-corrected chi connectivity index (χ3v) is 8.06. The molecule has 3 atom stereocenters. The van der Waals surface area contributed by atoms with Gasteiger partial charge >= 0.3 is 5.97 Å². The third-order valence-electron chi connectivity index (χ3n) is 8.06. The van der Waals surface area contributed by atoms with Crippen molar-refractivity contribution in [3.8, 4) is 17.2 Å². The number of hydrogen-bond acceptors (Lipinski definition) is 7. The molecule has 2 N–H and O–H groups in total. The summed E-state index contributed by atoms with van der Waals surface area (Å²) in [5, 5.41) is 19.8. The molecule has 2 aliphatic rings. The maximum atomic E-state index is 13.5. The molecule has 0 saturated carbocycles. The number of ether oxygens (including phenoxy) is 3. The second kappa shape index (κ2) is 14.4. The lowest BCUT2D eigenvalue weighted by molar-refractivity contribution is -0.144. The van der Waals surface area contributed by atoms with Gasteiger partial charge in [-0.15, -0.1) is 0 Å². The van der Waals surface area contributed by atoms with E-state index in [0.29, 0.717) is 44.0 Å². The van der Waals surface area contributed by atoms with E-state index in [2.05, 4.69) is 11.8 Å². The lowest BCUT2D eigenvalue weighted by Gasteiger charge is -2.30. The molecular formula is C31H42N2O7. The van der Waals surface area contributed by atoms with E-state index in [9.17, 15) is 19.8 Å². The predicted molar refractivity (Wildman–Crippen MR) is 151 cm³/mol. The molecule has 9 heteroatoms. The highest BCUT2D eigenvalue weighted by molar-refractivity contribution is 5.79. The molecule has 0 spiro atoms. The van der Waals surface area contributed by atoms with E-state index in [1.165, 1.54) is 0 Å². The quantitative estimate of drug-likeness (QED) is 0.341. The highest BCUT2D eigenvalue weighted by Gasteiger charge is 2.47. The molecule has 218 valence electrons. The fraction of sp³-hybridized carbons (Fsp3) is 0.548. The summed E-state index contributed by atoms with van der Waals surface area (Å²) < 4.78 is 16.5. The number of carboxylic acids is 1. The molecule has 4 rings (SSSR count). The van der Waals surface area contributed by atoms with Crippen LogP contribution in [-0.2, 0) is 16.0 Å². The number of unbranched alkanes of at least 4 members (excludes halogenated alkanes) is 1. The number of methoxy groups -OCH3 is 1. The van der Waals surface area contributed by atoms with Crippen molar-refractivity contribution in [1.82, 2.24) is 9.80 Å². The number of benzene rings is 2. The Balaban J connectivity index is 1.57. The molecule has 9 nitrogen and oxygen atoms in total. The zero-order valence-corrected chi connectivity index (χ0v) is 23.6. The van der Waals surface area contributed by atoms with Crippen LogP contribution in [0.25, 0.3) is 0 Å². The van der Waals surface area contributed by atoms with E-state index in [4.69, 9.17) is 14.2 Å². The average molecular weight is 555 g/mol. The van der Waals surface area contributed by atoms with E-state index in [1.807, 2.05) is 47.4 Å². The van der Waals surface area contributed by atoms with Crippen LogP contribution in [0.3, 0.4) is 0 Å². The van der Waals surface area contributed by atoms with Crippen LogP contribution in [0.4, 0.5) is 0 Å². The Hall–Kier alpha value is -3.30. The molecular weight excluding hydrogens is 512 g/mol. The van der Waals surface area contributed by atoms with Crippen LogP contribution in [0.5, 0.6) is 17.2 Å². The Kier molecular flexibility index (Phi) is 10.7. The van der Waals surface area contributed by atoms with Crippen molar-refractivity contribution in [2.45, 2.75) is 57.4 Å². The fourth-order valence-corrected chi connectivity index (χ4v) is 5.99. The Labute approximate surface area is 236 Å². The van der Waals surface area contributed by atoms with Crippen LogP contribution in [0.2, 0.25) is 0 Å². The van der Waals surface area contributed by atoms with E-state index < -0.39 is 11.9 Å². The topological polar surface area (TPSA) is 109 Å². The first-order chi connectivity index (χ1) is 19.5. The number of para-hydroxylation sites is 1.